The zero-order valence-electron chi connectivity index (χ0n) is 19.2. The molecule has 0 saturated heterocycles. The number of amides is 3. The summed E-state index contributed by atoms with van der Waals surface area (Å²) in [4.78, 5) is 37.5. The highest BCUT2D eigenvalue weighted by Crippen LogP contribution is 2.21. The Labute approximate surface area is 216 Å². The minimum atomic E-state index is -0.375. The molecule has 4 aromatic rings. The number of carbonyl (C=O) groups is 3. The number of aryl methyl sites for hydroxylation is 1. The SMILES string of the molecule is Cc1ccc(C(=O)Nc2nnc(CCNC(=O)c3ccccc3Cl)s2)cc1NC(=O)c1ccccc1. The molecular formula is C26H22ClN5O3S. The predicted octanol–water partition coefficient (Wildman–Crippen LogP) is 4.98. The smallest absolute Gasteiger partial charge is 0.257 e. The molecule has 0 atom stereocenters. The topological polar surface area (TPSA) is 113 Å². The number of carbonyl (C=O) groups excluding carboxylic acids is 3. The number of rotatable bonds is 8. The van der Waals surface area contributed by atoms with Gasteiger partial charge in [0.2, 0.25) is 5.13 Å². The van der Waals surface area contributed by atoms with Crippen molar-refractivity contribution in [2.24, 2.45) is 0 Å². The van der Waals surface area contributed by atoms with Gasteiger partial charge in [-0.15, -0.1) is 10.2 Å². The second-order valence-electron chi connectivity index (χ2n) is 7.79. The van der Waals surface area contributed by atoms with Crippen molar-refractivity contribution in [2.45, 2.75) is 13.3 Å². The summed E-state index contributed by atoms with van der Waals surface area (Å²) >= 11 is 7.27. The van der Waals surface area contributed by atoms with Gasteiger partial charge in [-0.25, -0.2) is 0 Å². The Balaban J connectivity index is 1.33. The molecule has 1 aromatic heterocycles. The van der Waals surface area contributed by atoms with Crippen LogP contribution < -0.4 is 16.0 Å². The summed E-state index contributed by atoms with van der Waals surface area (Å²) in [5, 5.41) is 17.8. The molecular weight excluding hydrogens is 498 g/mol. The third kappa shape index (κ3) is 6.32. The lowest BCUT2D eigenvalue weighted by molar-refractivity contribution is 0.0952. The van der Waals surface area contributed by atoms with Gasteiger partial charge in [0.25, 0.3) is 17.7 Å². The minimum Gasteiger partial charge on any atom is -0.352 e. The first kappa shape index (κ1) is 25.0. The molecule has 0 fully saturated rings. The molecule has 0 aliphatic carbocycles. The number of hydrogen-bond donors (Lipinski definition) is 3. The zero-order valence-corrected chi connectivity index (χ0v) is 20.8. The number of anilines is 2. The van der Waals surface area contributed by atoms with Crippen LogP contribution in [0.15, 0.2) is 72.8 Å². The van der Waals surface area contributed by atoms with Crippen molar-refractivity contribution in [3.05, 3.63) is 105 Å². The molecule has 0 saturated carbocycles. The molecule has 3 aromatic carbocycles. The van der Waals surface area contributed by atoms with Crippen molar-refractivity contribution in [1.29, 1.82) is 0 Å². The average molecular weight is 520 g/mol. The molecule has 3 amide bonds. The fourth-order valence-corrected chi connectivity index (χ4v) is 4.24. The van der Waals surface area contributed by atoms with E-state index in [1.165, 1.54) is 11.3 Å². The van der Waals surface area contributed by atoms with E-state index in [2.05, 4.69) is 26.1 Å². The lowest BCUT2D eigenvalue weighted by Gasteiger charge is -2.10. The van der Waals surface area contributed by atoms with E-state index in [0.29, 0.717) is 50.5 Å². The first-order valence-corrected chi connectivity index (χ1v) is 12.2. The van der Waals surface area contributed by atoms with E-state index in [4.69, 9.17) is 11.6 Å². The Bertz CT molecular complexity index is 1410. The van der Waals surface area contributed by atoms with Crippen molar-refractivity contribution < 1.29 is 14.4 Å². The average Bonchev–Trinajstić information content (AvgIpc) is 3.33. The molecule has 10 heteroatoms. The Morgan fingerprint density at radius 2 is 1.56 bits per heavy atom. The van der Waals surface area contributed by atoms with Crippen LogP contribution in [0, 0.1) is 6.92 Å². The summed E-state index contributed by atoms with van der Waals surface area (Å²) in [6.07, 6.45) is 0.448. The molecule has 0 aliphatic rings. The van der Waals surface area contributed by atoms with E-state index >= 15 is 0 Å². The summed E-state index contributed by atoms with van der Waals surface area (Å²) in [6.45, 7) is 2.19. The normalized spacial score (nSPS) is 10.5. The van der Waals surface area contributed by atoms with Crippen LogP contribution in [0.2, 0.25) is 5.02 Å². The van der Waals surface area contributed by atoms with E-state index in [0.717, 1.165) is 5.56 Å². The Kier molecular flexibility index (Phi) is 8.04. The quantitative estimate of drug-likeness (QED) is 0.304. The highest BCUT2D eigenvalue weighted by molar-refractivity contribution is 7.15. The molecule has 0 radical (unpaired) electrons. The number of hydrogen-bond acceptors (Lipinski definition) is 6. The molecule has 0 spiro atoms. The first-order valence-electron chi connectivity index (χ1n) is 11.0. The van der Waals surface area contributed by atoms with Gasteiger partial charge < -0.3 is 10.6 Å². The van der Waals surface area contributed by atoms with Crippen molar-refractivity contribution in [3.63, 3.8) is 0 Å². The zero-order chi connectivity index (χ0) is 25.5. The first-order chi connectivity index (χ1) is 17.4. The van der Waals surface area contributed by atoms with Crippen LogP contribution >= 0.6 is 22.9 Å². The monoisotopic (exact) mass is 519 g/mol. The number of benzene rings is 3. The molecule has 182 valence electrons. The third-order valence-corrected chi connectivity index (χ3v) is 6.44. The molecule has 0 bridgehead atoms. The van der Waals surface area contributed by atoms with Crippen LogP contribution in [-0.4, -0.2) is 34.5 Å². The standard InChI is InChI=1S/C26H22ClN5O3S/c1-16-11-12-18(15-21(16)29-23(33)17-7-3-2-4-8-17)24(34)30-26-32-31-22(36-26)13-14-28-25(35)19-9-5-6-10-20(19)27/h2-12,15H,13-14H2,1H3,(H,28,35)(H,29,33)(H,30,32,34). The summed E-state index contributed by atoms with van der Waals surface area (Å²) in [5.41, 5.74) is 2.67. The Morgan fingerprint density at radius 1 is 0.833 bits per heavy atom. The molecule has 8 nitrogen and oxygen atoms in total. The van der Waals surface area contributed by atoms with Crippen molar-refractivity contribution in [2.75, 3.05) is 17.2 Å². The van der Waals surface area contributed by atoms with Crippen LogP contribution in [0.5, 0.6) is 0 Å². The van der Waals surface area contributed by atoms with Gasteiger partial charge in [-0.3, -0.25) is 19.7 Å². The van der Waals surface area contributed by atoms with Crippen LogP contribution in [0.1, 0.15) is 41.6 Å². The molecule has 0 unspecified atom stereocenters. The summed E-state index contributed by atoms with van der Waals surface area (Å²) in [5.74, 6) is -0.903. The second kappa shape index (κ2) is 11.6. The lowest BCUT2D eigenvalue weighted by atomic mass is 10.1. The number of halogens is 1. The maximum Gasteiger partial charge on any atom is 0.257 e. The number of nitrogens with zero attached hydrogens (tertiary/aromatic N) is 2. The van der Waals surface area contributed by atoms with E-state index in [1.807, 2.05) is 13.0 Å². The van der Waals surface area contributed by atoms with E-state index in [9.17, 15) is 14.4 Å². The number of aromatic nitrogens is 2. The van der Waals surface area contributed by atoms with Gasteiger partial charge in [-0.1, -0.05) is 59.3 Å². The van der Waals surface area contributed by atoms with Gasteiger partial charge in [0.05, 0.1) is 10.6 Å². The maximum absolute atomic E-state index is 12.8. The lowest BCUT2D eigenvalue weighted by Crippen LogP contribution is -2.25. The summed E-state index contributed by atoms with van der Waals surface area (Å²) < 4.78 is 0. The summed E-state index contributed by atoms with van der Waals surface area (Å²) in [7, 11) is 0. The van der Waals surface area contributed by atoms with Gasteiger partial charge in [0.15, 0.2) is 0 Å². The van der Waals surface area contributed by atoms with Gasteiger partial charge in [0.1, 0.15) is 5.01 Å². The molecule has 3 N–H and O–H groups in total. The fraction of sp³-hybridized carbons (Fsp3) is 0.115. The van der Waals surface area contributed by atoms with Crippen LogP contribution in [0.25, 0.3) is 0 Å². The van der Waals surface area contributed by atoms with Crippen molar-refractivity contribution in [1.82, 2.24) is 15.5 Å². The van der Waals surface area contributed by atoms with Gasteiger partial charge >= 0.3 is 0 Å². The second-order valence-corrected chi connectivity index (χ2v) is 9.26. The minimum absolute atomic E-state index is 0.258. The van der Waals surface area contributed by atoms with Gasteiger partial charge in [-0.2, -0.15) is 0 Å². The van der Waals surface area contributed by atoms with Gasteiger partial charge in [0, 0.05) is 29.8 Å². The van der Waals surface area contributed by atoms with Crippen LogP contribution in [0.3, 0.4) is 0 Å². The summed E-state index contributed by atoms with van der Waals surface area (Å²) in [6, 6.07) is 20.7. The van der Waals surface area contributed by atoms with Gasteiger partial charge in [-0.05, 0) is 48.9 Å². The van der Waals surface area contributed by atoms with E-state index in [-0.39, 0.29) is 17.7 Å². The maximum atomic E-state index is 12.8. The Morgan fingerprint density at radius 3 is 2.33 bits per heavy atom. The molecule has 0 aliphatic heterocycles. The largest absolute Gasteiger partial charge is 0.352 e. The Hall–Kier alpha value is -4.08. The molecule has 4 rings (SSSR count). The third-order valence-electron chi connectivity index (χ3n) is 5.21. The van der Waals surface area contributed by atoms with Crippen molar-refractivity contribution >= 4 is 51.5 Å². The molecule has 36 heavy (non-hydrogen) atoms. The molecule has 1 heterocycles. The van der Waals surface area contributed by atoms with Crippen LogP contribution in [0.4, 0.5) is 10.8 Å². The highest BCUT2D eigenvalue weighted by Gasteiger charge is 2.14. The van der Waals surface area contributed by atoms with E-state index in [1.54, 1.807) is 66.7 Å². The highest BCUT2D eigenvalue weighted by atomic mass is 35.5. The predicted molar refractivity (Wildman–Crippen MR) is 141 cm³/mol. The van der Waals surface area contributed by atoms with Crippen LogP contribution in [-0.2, 0) is 6.42 Å². The van der Waals surface area contributed by atoms with E-state index < -0.39 is 0 Å². The fourth-order valence-electron chi connectivity index (χ4n) is 3.28. The number of nitrogens with one attached hydrogen (secondary N) is 3. The van der Waals surface area contributed by atoms with Crippen molar-refractivity contribution in [3.8, 4) is 0 Å².